The molecule has 0 aromatic heterocycles. The number of nitrogens with one attached hydrogen (secondary N) is 2. The third kappa shape index (κ3) is 8.47. The van der Waals surface area contributed by atoms with Gasteiger partial charge in [0.1, 0.15) is 23.4 Å². The molecule has 0 heterocycles. The van der Waals surface area contributed by atoms with Crippen LogP contribution in [-0.2, 0) is 20.7 Å². The van der Waals surface area contributed by atoms with Crippen LogP contribution in [0.25, 0.3) is 0 Å². The fraction of sp³-hybridized carbons (Fsp3) is 0.531. The molecule has 0 bridgehead atoms. The number of alkyl carbamates (subject to hydrolysis) is 1. The number of aromatic hydroxyl groups is 1. The lowest BCUT2D eigenvalue weighted by Gasteiger charge is -2.43. The molecule has 2 aromatic carbocycles. The topological polar surface area (TPSA) is 108 Å². The van der Waals surface area contributed by atoms with E-state index in [1.54, 1.807) is 49.9 Å². The molecule has 3 amide bonds. The molecule has 0 saturated heterocycles. The molecule has 0 radical (unpaired) electrons. The van der Waals surface area contributed by atoms with Crippen LogP contribution in [0.2, 0.25) is 0 Å². The second-order valence-corrected chi connectivity index (χ2v) is 11.8. The number of hydrogen-bond acceptors (Lipinski definition) is 5. The van der Waals surface area contributed by atoms with Gasteiger partial charge in [0.2, 0.25) is 11.8 Å². The zero-order valence-electron chi connectivity index (χ0n) is 24.8. The summed E-state index contributed by atoms with van der Waals surface area (Å²) in [6.07, 6.45) is 3.79. The number of carbonyl (C=O) groups is 3. The van der Waals surface area contributed by atoms with Crippen molar-refractivity contribution in [1.82, 2.24) is 15.5 Å². The summed E-state index contributed by atoms with van der Waals surface area (Å²) in [4.78, 5) is 42.9. The summed E-state index contributed by atoms with van der Waals surface area (Å²) in [5.74, 6) is -0.448. The molecule has 0 spiro atoms. The van der Waals surface area contributed by atoms with Gasteiger partial charge in [-0.2, -0.15) is 0 Å². The molecule has 8 nitrogen and oxygen atoms in total. The van der Waals surface area contributed by atoms with Gasteiger partial charge < -0.3 is 25.4 Å². The van der Waals surface area contributed by atoms with Crippen molar-refractivity contribution in [3.8, 4) is 5.75 Å². The molecule has 1 fully saturated rings. The Bertz CT molecular complexity index is 1170. The lowest BCUT2D eigenvalue weighted by molar-refractivity contribution is -0.147. The van der Waals surface area contributed by atoms with Gasteiger partial charge in [-0.15, -0.1) is 0 Å². The Morgan fingerprint density at radius 3 is 2.27 bits per heavy atom. The van der Waals surface area contributed by atoms with E-state index in [2.05, 4.69) is 17.6 Å². The van der Waals surface area contributed by atoms with E-state index in [4.69, 9.17) is 4.74 Å². The first-order valence-electron chi connectivity index (χ1n) is 14.3. The van der Waals surface area contributed by atoms with Crippen LogP contribution in [0.5, 0.6) is 5.75 Å². The monoisotopic (exact) mass is 551 g/mol. The Labute approximate surface area is 238 Å². The maximum absolute atomic E-state index is 14.5. The molecule has 3 rings (SSSR count). The van der Waals surface area contributed by atoms with Crippen LogP contribution in [-0.4, -0.2) is 52.1 Å². The fourth-order valence-corrected chi connectivity index (χ4v) is 4.74. The first-order chi connectivity index (χ1) is 18.9. The zero-order chi connectivity index (χ0) is 29.4. The number of phenols is 1. The molecule has 1 aliphatic rings. The van der Waals surface area contributed by atoms with E-state index in [0.29, 0.717) is 6.54 Å². The number of benzene rings is 2. The summed E-state index contributed by atoms with van der Waals surface area (Å²) in [6, 6.07) is 10.5. The van der Waals surface area contributed by atoms with Crippen molar-refractivity contribution < 1.29 is 24.2 Å². The summed E-state index contributed by atoms with van der Waals surface area (Å²) in [5.41, 5.74) is 2.91. The molecule has 3 N–H and O–H groups in total. The van der Waals surface area contributed by atoms with Gasteiger partial charge in [0, 0.05) is 19.0 Å². The van der Waals surface area contributed by atoms with Crippen molar-refractivity contribution in [2.24, 2.45) is 0 Å². The van der Waals surface area contributed by atoms with Crippen LogP contribution in [0.15, 0.2) is 42.5 Å². The summed E-state index contributed by atoms with van der Waals surface area (Å²) in [6.45, 7) is 11.9. The van der Waals surface area contributed by atoms with E-state index in [1.807, 2.05) is 32.0 Å². The van der Waals surface area contributed by atoms with Gasteiger partial charge in [-0.25, -0.2) is 4.79 Å². The molecule has 1 saturated carbocycles. The van der Waals surface area contributed by atoms with E-state index in [-0.39, 0.29) is 30.0 Å². The molecular weight excluding hydrogens is 506 g/mol. The van der Waals surface area contributed by atoms with Crippen molar-refractivity contribution >= 4 is 17.9 Å². The number of rotatable bonds is 11. The summed E-state index contributed by atoms with van der Waals surface area (Å²) in [5, 5.41) is 15.6. The van der Waals surface area contributed by atoms with Crippen LogP contribution < -0.4 is 10.6 Å². The second kappa shape index (κ2) is 13.7. The summed E-state index contributed by atoms with van der Waals surface area (Å²) < 4.78 is 5.50. The standard InChI is InChI=1S/C32H45N3O5/c1-7-8-18-33-29(37)28(24-15-12-21(2)22(3)19-24)35(25-10-9-11-25)30(38)27(34-31(39)40-32(4,5)6)20-23-13-16-26(36)17-14-23/h12-17,19,25,27-28,36H,7-11,18,20H2,1-6H3,(H,33,37)(H,34,39). The number of hydrogen-bond donors (Lipinski definition) is 3. The SMILES string of the molecule is CCCCNC(=O)C(c1ccc(C)c(C)c1)N(C(=O)C(Cc1ccc(O)cc1)NC(=O)OC(C)(C)C)C1CCC1. The zero-order valence-corrected chi connectivity index (χ0v) is 24.8. The van der Waals surface area contributed by atoms with E-state index in [1.165, 1.54) is 0 Å². The third-order valence-electron chi connectivity index (χ3n) is 7.29. The lowest BCUT2D eigenvalue weighted by Crippen LogP contribution is -2.58. The number of amides is 3. The molecular formula is C32H45N3O5. The molecule has 8 heteroatoms. The van der Waals surface area contributed by atoms with E-state index in [0.717, 1.165) is 54.4 Å². The van der Waals surface area contributed by atoms with Crippen molar-refractivity contribution in [1.29, 1.82) is 0 Å². The van der Waals surface area contributed by atoms with Crippen molar-refractivity contribution in [3.05, 3.63) is 64.7 Å². The van der Waals surface area contributed by atoms with Crippen LogP contribution in [0.1, 0.15) is 88.1 Å². The normalized spacial score (nSPS) is 14.9. The van der Waals surface area contributed by atoms with Crippen LogP contribution in [0, 0.1) is 13.8 Å². The Kier molecular flexibility index (Phi) is 10.6. The fourth-order valence-electron chi connectivity index (χ4n) is 4.74. The Morgan fingerprint density at radius 1 is 1.05 bits per heavy atom. The van der Waals surface area contributed by atoms with Crippen molar-refractivity contribution in [2.45, 2.75) is 104 Å². The Hall–Kier alpha value is -3.55. The van der Waals surface area contributed by atoms with Gasteiger partial charge in [0.15, 0.2) is 0 Å². The van der Waals surface area contributed by atoms with E-state index >= 15 is 0 Å². The van der Waals surface area contributed by atoms with Gasteiger partial charge in [0.25, 0.3) is 0 Å². The van der Waals surface area contributed by atoms with Gasteiger partial charge >= 0.3 is 6.09 Å². The van der Waals surface area contributed by atoms with Gasteiger partial charge in [-0.05, 0) is 94.7 Å². The number of phenolic OH excluding ortho intramolecular Hbond substituents is 1. The molecule has 1 aliphatic carbocycles. The highest BCUT2D eigenvalue weighted by Crippen LogP contribution is 2.34. The maximum atomic E-state index is 14.5. The smallest absolute Gasteiger partial charge is 0.408 e. The van der Waals surface area contributed by atoms with Gasteiger partial charge in [-0.1, -0.05) is 43.7 Å². The number of aryl methyl sites for hydroxylation is 2. The predicted octanol–water partition coefficient (Wildman–Crippen LogP) is 5.48. The number of ether oxygens (including phenoxy) is 1. The summed E-state index contributed by atoms with van der Waals surface area (Å²) >= 11 is 0. The molecule has 40 heavy (non-hydrogen) atoms. The lowest BCUT2D eigenvalue weighted by atomic mass is 9.87. The first-order valence-corrected chi connectivity index (χ1v) is 14.3. The highest BCUT2D eigenvalue weighted by molar-refractivity contribution is 5.92. The molecule has 2 aromatic rings. The van der Waals surface area contributed by atoms with Crippen LogP contribution in [0.3, 0.4) is 0 Å². The van der Waals surface area contributed by atoms with E-state index < -0.39 is 23.8 Å². The van der Waals surface area contributed by atoms with E-state index in [9.17, 15) is 19.5 Å². The Morgan fingerprint density at radius 2 is 1.73 bits per heavy atom. The van der Waals surface area contributed by atoms with Crippen LogP contribution in [0.4, 0.5) is 4.79 Å². The highest BCUT2D eigenvalue weighted by Gasteiger charge is 2.42. The molecule has 218 valence electrons. The third-order valence-corrected chi connectivity index (χ3v) is 7.29. The van der Waals surface area contributed by atoms with Gasteiger partial charge in [-0.3, -0.25) is 9.59 Å². The Balaban J connectivity index is 2.03. The first kappa shape index (κ1) is 31.0. The molecule has 2 atom stereocenters. The second-order valence-electron chi connectivity index (χ2n) is 11.8. The van der Waals surface area contributed by atoms with Gasteiger partial charge in [0.05, 0.1) is 0 Å². The number of carbonyl (C=O) groups excluding carboxylic acids is 3. The largest absolute Gasteiger partial charge is 0.508 e. The van der Waals surface area contributed by atoms with Crippen molar-refractivity contribution in [2.75, 3.05) is 6.54 Å². The molecule has 0 aliphatic heterocycles. The quantitative estimate of drug-likeness (QED) is 0.321. The molecule has 2 unspecified atom stereocenters. The highest BCUT2D eigenvalue weighted by atomic mass is 16.6. The average Bonchev–Trinajstić information content (AvgIpc) is 2.84. The maximum Gasteiger partial charge on any atom is 0.408 e. The summed E-state index contributed by atoms with van der Waals surface area (Å²) in [7, 11) is 0. The van der Waals surface area contributed by atoms with Crippen molar-refractivity contribution in [3.63, 3.8) is 0 Å². The minimum atomic E-state index is -0.975. The van der Waals surface area contributed by atoms with Crippen LogP contribution >= 0.6 is 0 Å². The minimum Gasteiger partial charge on any atom is -0.508 e. The number of unbranched alkanes of at least 4 members (excludes halogenated alkanes) is 1. The number of nitrogens with zero attached hydrogens (tertiary/aromatic N) is 1. The predicted molar refractivity (Wildman–Crippen MR) is 156 cm³/mol. The minimum absolute atomic E-state index is 0.112. The average molecular weight is 552 g/mol.